The number of nitrogens with zero attached hydrogens (tertiary/aromatic N) is 2. The fourth-order valence-corrected chi connectivity index (χ4v) is 3.26. The van der Waals surface area contributed by atoms with Gasteiger partial charge < -0.3 is 10.3 Å². The zero-order valence-corrected chi connectivity index (χ0v) is 11.5. The molecule has 18 heavy (non-hydrogen) atoms. The van der Waals surface area contributed by atoms with Gasteiger partial charge in [-0.2, -0.15) is 0 Å². The molecule has 1 fully saturated rings. The molecule has 0 aliphatic heterocycles. The SMILES string of the molecule is CC1(C)CCC(n2c(N)nc3cc(Cl)ccc32)C1. The second kappa shape index (κ2) is 3.89. The number of fused-ring (bicyclic) bond motifs is 1. The molecular formula is C14H18ClN3. The summed E-state index contributed by atoms with van der Waals surface area (Å²) in [6, 6.07) is 6.27. The molecule has 1 aromatic heterocycles. The maximum absolute atomic E-state index is 6.08. The van der Waals surface area contributed by atoms with E-state index in [2.05, 4.69) is 23.4 Å². The molecule has 96 valence electrons. The second-order valence-electron chi connectivity index (χ2n) is 6.03. The Kier molecular flexibility index (Phi) is 2.56. The molecule has 1 saturated carbocycles. The van der Waals surface area contributed by atoms with Crippen molar-refractivity contribution >= 4 is 28.6 Å². The Bertz CT molecular complexity index is 600. The molecule has 1 aromatic carbocycles. The first-order valence-corrected chi connectivity index (χ1v) is 6.77. The highest BCUT2D eigenvalue weighted by Gasteiger charge is 2.33. The van der Waals surface area contributed by atoms with Gasteiger partial charge >= 0.3 is 0 Å². The Balaban J connectivity index is 2.09. The minimum Gasteiger partial charge on any atom is -0.369 e. The van der Waals surface area contributed by atoms with Gasteiger partial charge in [0, 0.05) is 11.1 Å². The van der Waals surface area contributed by atoms with E-state index >= 15 is 0 Å². The Morgan fingerprint density at radius 3 is 2.89 bits per heavy atom. The van der Waals surface area contributed by atoms with Gasteiger partial charge in [-0.25, -0.2) is 4.98 Å². The number of rotatable bonds is 1. The first-order valence-electron chi connectivity index (χ1n) is 6.39. The zero-order chi connectivity index (χ0) is 12.9. The third-order valence-electron chi connectivity index (χ3n) is 3.99. The fourth-order valence-electron chi connectivity index (χ4n) is 3.09. The van der Waals surface area contributed by atoms with Crippen LogP contribution < -0.4 is 5.73 Å². The number of hydrogen-bond acceptors (Lipinski definition) is 2. The van der Waals surface area contributed by atoms with Gasteiger partial charge in [-0.3, -0.25) is 0 Å². The van der Waals surface area contributed by atoms with Gasteiger partial charge in [0.15, 0.2) is 0 Å². The molecule has 0 radical (unpaired) electrons. The Hall–Kier alpha value is -1.22. The van der Waals surface area contributed by atoms with Gasteiger partial charge in [-0.15, -0.1) is 0 Å². The van der Waals surface area contributed by atoms with Crippen LogP contribution >= 0.6 is 11.6 Å². The van der Waals surface area contributed by atoms with Crippen molar-refractivity contribution < 1.29 is 0 Å². The van der Waals surface area contributed by atoms with Crippen molar-refractivity contribution in [3.63, 3.8) is 0 Å². The number of aromatic nitrogens is 2. The first kappa shape index (κ1) is 11.8. The summed E-state index contributed by atoms with van der Waals surface area (Å²) >= 11 is 6.00. The maximum atomic E-state index is 6.08. The molecule has 2 aromatic rings. The summed E-state index contributed by atoms with van der Waals surface area (Å²) in [5.41, 5.74) is 8.47. The van der Waals surface area contributed by atoms with Gasteiger partial charge in [0.1, 0.15) is 0 Å². The Morgan fingerprint density at radius 2 is 2.22 bits per heavy atom. The van der Waals surface area contributed by atoms with Crippen molar-refractivity contribution in [1.29, 1.82) is 0 Å². The van der Waals surface area contributed by atoms with Crippen molar-refractivity contribution in [3.8, 4) is 0 Å². The molecule has 1 aliphatic rings. The lowest BCUT2D eigenvalue weighted by Gasteiger charge is -2.19. The third kappa shape index (κ3) is 1.87. The van der Waals surface area contributed by atoms with Gasteiger partial charge in [0.2, 0.25) is 5.95 Å². The van der Waals surface area contributed by atoms with Crippen LogP contribution in [0.3, 0.4) is 0 Å². The highest BCUT2D eigenvalue weighted by atomic mass is 35.5. The number of benzene rings is 1. The van der Waals surface area contributed by atoms with Crippen LogP contribution in [0.15, 0.2) is 18.2 Å². The Morgan fingerprint density at radius 1 is 1.44 bits per heavy atom. The van der Waals surface area contributed by atoms with Crippen LogP contribution in [0, 0.1) is 5.41 Å². The molecule has 4 heteroatoms. The lowest BCUT2D eigenvalue weighted by Crippen LogP contribution is -2.11. The summed E-state index contributed by atoms with van der Waals surface area (Å²) in [5.74, 6) is 0.606. The van der Waals surface area contributed by atoms with E-state index in [1.165, 1.54) is 12.8 Å². The van der Waals surface area contributed by atoms with E-state index in [9.17, 15) is 0 Å². The number of nitrogens with two attached hydrogens (primary N) is 1. The van der Waals surface area contributed by atoms with Crippen molar-refractivity contribution in [2.45, 2.75) is 39.2 Å². The smallest absolute Gasteiger partial charge is 0.201 e. The predicted molar refractivity (Wildman–Crippen MR) is 75.8 cm³/mol. The molecule has 0 bridgehead atoms. The molecule has 0 spiro atoms. The highest BCUT2D eigenvalue weighted by Crippen LogP contribution is 2.45. The van der Waals surface area contributed by atoms with E-state index in [-0.39, 0.29) is 0 Å². The average molecular weight is 264 g/mol. The largest absolute Gasteiger partial charge is 0.369 e. The van der Waals surface area contributed by atoms with E-state index in [0.717, 1.165) is 17.5 Å². The van der Waals surface area contributed by atoms with Gasteiger partial charge in [0.05, 0.1) is 11.0 Å². The predicted octanol–water partition coefficient (Wildman–Crippen LogP) is 4.02. The summed E-state index contributed by atoms with van der Waals surface area (Å²) in [4.78, 5) is 4.42. The van der Waals surface area contributed by atoms with Crippen LogP contribution in [0.25, 0.3) is 11.0 Å². The molecule has 3 nitrogen and oxygen atoms in total. The van der Waals surface area contributed by atoms with Crippen LogP contribution in [0.5, 0.6) is 0 Å². The molecule has 2 N–H and O–H groups in total. The van der Waals surface area contributed by atoms with E-state index in [1.807, 2.05) is 18.2 Å². The summed E-state index contributed by atoms with van der Waals surface area (Å²) in [7, 11) is 0. The van der Waals surface area contributed by atoms with Crippen LogP contribution in [0.1, 0.15) is 39.2 Å². The van der Waals surface area contributed by atoms with Crippen LogP contribution in [0.2, 0.25) is 5.02 Å². The quantitative estimate of drug-likeness (QED) is 0.844. The molecule has 0 saturated heterocycles. The highest BCUT2D eigenvalue weighted by molar-refractivity contribution is 6.31. The molecular weight excluding hydrogens is 246 g/mol. The summed E-state index contributed by atoms with van der Waals surface area (Å²) in [5, 5.41) is 0.707. The summed E-state index contributed by atoms with van der Waals surface area (Å²) < 4.78 is 2.18. The third-order valence-corrected chi connectivity index (χ3v) is 4.22. The van der Waals surface area contributed by atoms with Crippen molar-refractivity contribution in [1.82, 2.24) is 9.55 Å². The lowest BCUT2D eigenvalue weighted by molar-refractivity contribution is 0.361. The molecule has 1 atom stereocenters. The average Bonchev–Trinajstić information content (AvgIpc) is 2.77. The van der Waals surface area contributed by atoms with E-state index in [4.69, 9.17) is 17.3 Å². The standard InChI is InChI=1S/C14H18ClN3/c1-14(2)6-5-10(8-14)18-12-4-3-9(15)7-11(12)17-13(18)16/h3-4,7,10H,5-6,8H2,1-2H3,(H2,16,17). The molecule has 0 amide bonds. The topological polar surface area (TPSA) is 43.8 Å². The fraction of sp³-hybridized carbons (Fsp3) is 0.500. The van der Waals surface area contributed by atoms with Crippen molar-refractivity contribution in [3.05, 3.63) is 23.2 Å². The number of nitrogen functional groups attached to an aromatic ring is 1. The molecule has 1 unspecified atom stereocenters. The minimum atomic E-state index is 0.403. The van der Waals surface area contributed by atoms with Crippen LogP contribution in [-0.4, -0.2) is 9.55 Å². The lowest BCUT2D eigenvalue weighted by atomic mass is 9.92. The molecule has 1 heterocycles. The number of halogens is 1. The number of hydrogen-bond donors (Lipinski definition) is 1. The van der Waals surface area contributed by atoms with Gasteiger partial charge in [0.25, 0.3) is 0 Å². The van der Waals surface area contributed by atoms with Crippen LogP contribution in [-0.2, 0) is 0 Å². The van der Waals surface area contributed by atoms with Crippen molar-refractivity contribution in [2.24, 2.45) is 5.41 Å². The van der Waals surface area contributed by atoms with Gasteiger partial charge in [-0.1, -0.05) is 25.4 Å². The monoisotopic (exact) mass is 263 g/mol. The summed E-state index contributed by atoms with van der Waals surface area (Å²) in [6.07, 6.45) is 3.57. The maximum Gasteiger partial charge on any atom is 0.201 e. The van der Waals surface area contributed by atoms with Crippen molar-refractivity contribution in [2.75, 3.05) is 5.73 Å². The van der Waals surface area contributed by atoms with E-state index < -0.39 is 0 Å². The Labute approximate surface area is 112 Å². The molecule has 1 aliphatic carbocycles. The second-order valence-corrected chi connectivity index (χ2v) is 6.47. The van der Waals surface area contributed by atoms with Crippen LogP contribution in [0.4, 0.5) is 5.95 Å². The zero-order valence-electron chi connectivity index (χ0n) is 10.8. The van der Waals surface area contributed by atoms with Gasteiger partial charge in [-0.05, 0) is 42.9 Å². The number of imidazole rings is 1. The molecule has 3 rings (SSSR count). The number of anilines is 1. The van der Waals surface area contributed by atoms with E-state index in [0.29, 0.717) is 22.4 Å². The first-order chi connectivity index (χ1) is 8.46. The minimum absolute atomic E-state index is 0.403. The van der Waals surface area contributed by atoms with E-state index in [1.54, 1.807) is 0 Å². The summed E-state index contributed by atoms with van der Waals surface area (Å²) in [6.45, 7) is 4.64. The normalized spacial score (nSPS) is 22.7.